The van der Waals surface area contributed by atoms with E-state index in [1.807, 2.05) is 31.1 Å². The lowest BCUT2D eigenvalue weighted by Gasteiger charge is -2.11. The Morgan fingerprint density at radius 2 is 1.72 bits per heavy atom. The molecule has 0 fully saturated rings. The Labute approximate surface area is 145 Å². The van der Waals surface area contributed by atoms with Crippen LogP contribution < -0.4 is 10.2 Å². The Balaban J connectivity index is 2.36. The number of anilines is 2. The van der Waals surface area contributed by atoms with Crippen LogP contribution in [-0.4, -0.2) is 33.0 Å². The SMILES string of the molecule is CC(=O)Nc1ccc(/N=N/c2ccc(N(C)C)cc2)c(S(=O)(=O)O)c1. The number of benzene rings is 2. The zero-order valence-corrected chi connectivity index (χ0v) is 14.8. The van der Waals surface area contributed by atoms with E-state index in [9.17, 15) is 17.8 Å². The molecule has 132 valence electrons. The predicted molar refractivity (Wildman–Crippen MR) is 95.5 cm³/mol. The molecule has 0 saturated carbocycles. The van der Waals surface area contributed by atoms with E-state index >= 15 is 0 Å². The number of carbonyl (C=O) groups is 1. The fourth-order valence-electron chi connectivity index (χ4n) is 2.01. The molecule has 2 aromatic rings. The lowest BCUT2D eigenvalue weighted by molar-refractivity contribution is -0.114. The van der Waals surface area contributed by atoms with Crippen LogP contribution in [0, 0.1) is 0 Å². The topological polar surface area (TPSA) is 111 Å². The van der Waals surface area contributed by atoms with Crippen molar-refractivity contribution in [3.05, 3.63) is 42.5 Å². The summed E-state index contributed by atoms with van der Waals surface area (Å²) in [4.78, 5) is 12.6. The molecule has 9 heteroatoms. The Hall–Kier alpha value is -2.78. The summed E-state index contributed by atoms with van der Waals surface area (Å²) in [5.74, 6) is -0.364. The lowest BCUT2D eigenvalue weighted by Crippen LogP contribution is -2.07. The van der Waals surface area contributed by atoms with Gasteiger partial charge in [-0.15, -0.1) is 5.11 Å². The summed E-state index contributed by atoms with van der Waals surface area (Å²) in [7, 11) is -0.709. The van der Waals surface area contributed by atoms with Gasteiger partial charge in [0.15, 0.2) is 0 Å². The summed E-state index contributed by atoms with van der Waals surface area (Å²) in [6.45, 7) is 1.29. The van der Waals surface area contributed by atoms with Gasteiger partial charge in [0.2, 0.25) is 5.91 Å². The monoisotopic (exact) mass is 362 g/mol. The van der Waals surface area contributed by atoms with Crippen LogP contribution in [0.4, 0.5) is 22.7 Å². The molecule has 2 rings (SSSR count). The number of nitrogens with zero attached hydrogens (tertiary/aromatic N) is 3. The second-order valence-corrected chi connectivity index (χ2v) is 6.84. The Kier molecular flexibility index (Phi) is 5.50. The van der Waals surface area contributed by atoms with E-state index in [0.29, 0.717) is 5.69 Å². The van der Waals surface area contributed by atoms with Crippen LogP contribution in [0.1, 0.15) is 6.92 Å². The van der Waals surface area contributed by atoms with Crippen molar-refractivity contribution in [2.45, 2.75) is 11.8 Å². The van der Waals surface area contributed by atoms with Gasteiger partial charge in [0, 0.05) is 32.4 Å². The van der Waals surface area contributed by atoms with E-state index in [-0.39, 0.29) is 17.3 Å². The summed E-state index contributed by atoms with van der Waals surface area (Å²) < 4.78 is 32.5. The summed E-state index contributed by atoms with van der Waals surface area (Å²) in [6.07, 6.45) is 0. The fraction of sp³-hybridized carbons (Fsp3) is 0.188. The van der Waals surface area contributed by atoms with Crippen molar-refractivity contribution in [1.29, 1.82) is 0 Å². The Morgan fingerprint density at radius 1 is 1.08 bits per heavy atom. The molecular formula is C16H18N4O4S. The maximum absolute atomic E-state index is 11.6. The minimum atomic E-state index is -4.53. The highest BCUT2D eigenvalue weighted by Crippen LogP contribution is 2.29. The third-order valence-corrected chi connectivity index (χ3v) is 4.08. The van der Waals surface area contributed by atoms with Crippen molar-refractivity contribution >= 4 is 38.8 Å². The van der Waals surface area contributed by atoms with Crippen molar-refractivity contribution in [2.24, 2.45) is 10.2 Å². The first kappa shape index (κ1) is 18.6. The third-order valence-electron chi connectivity index (χ3n) is 3.20. The smallest absolute Gasteiger partial charge is 0.296 e. The van der Waals surface area contributed by atoms with E-state index in [1.165, 1.54) is 19.1 Å². The highest BCUT2D eigenvalue weighted by atomic mass is 32.2. The van der Waals surface area contributed by atoms with Gasteiger partial charge in [0.1, 0.15) is 10.6 Å². The number of hydrogen-bond donors (Lipinski definition) is 2. The van der Waals surface area contributed by atoms with Crippen molar-refractivity contribution in [3.8, 4) is 0 Å². The van der Waals surface area contributed by atoms with Crippen LogP contribution in [0.15, 0.2) is 57.6 Å². The molecule has 1 amide bonds. The number of carbonyl (C=O) groups excluding carboxylic acids is 1. The zero-order chi connectivity index (χ0) is 18.6. The van der Waals surface area contributed by atoms with Gasteiger partial charge < -0.3 is 10.2 Å². The van der Waals surface area contributed by atoms with Gasteiger partial charge in [0.25, 0.3) is 10.1 Å². The summed E-state index contributed by atoms with van der Waals surface area (Å²) in [5.41, 5.74) is 1.71. The molecule has 2 N–H and O–H groups in total. The number of azo groups is 1. The first-order valence-electron chi connectivity index (χ1n) is 7.25. The van der Waals surface area contributed by atoms with Crippen molar-refractivity contribution in [3.63, 3.8) is 0 Å². The van der Waals surface area contributed by atoms with Crippen LogP contribution in [0.3, 0.4) is 0 Å². The normalized spacial score (nSPS) is 11.5. The van der Waals surface area contributed by atoms with Gasteiger partial charge in [0.05, 0.1) is 5.69 Å². The minimum Gasteiger partial charge on any atom is -0.378 e. The van der Waals surface area contributed by atoms with Gasteiger partial charge in [-0.1, -0.05) is 0 Å². The number of nitrogens with one attached hydrogen (secondary N) is 1. The highest BCUT2D eigenvalue weighted by Gasteiger charge is 2.17. The lowest BCUT2D eigenvalue weighted by atomic mass is 10.2. The number of hydrogen-bond acceptors (Lipinski definition) is 6. The van der Waals surface area contributed by atoms with E-state index in [4.69, 9.17) is 0 Å². The molecule has 2 aromatic carbocycles. The average molecular weight is 362 g/mol. The predicted octanol–water partition coefficient (Wildman–Crippen LogP) is 3.37. The van der Waals surface area contributed by atoms with Gasteiger partial charge in [-0.2, -0.15) is 13.5 Å². The first-order valence-corrected chi connectivity index (χ1v) is 8.69. The second-order valence-electron chi connectivity index (χ2n) is 5.45. The van der Waals surface area contributed by atoms with Crippen LogP contribution in [0.25, 0.3) is 0 Å². The third kappa shape index (κ3) is 5.10. The number of amides is 1. The molecule has 0 unspecified atom stereocenters. The largest absolute Gasteiger partial charge is 0.378 e. The molecule has 0 aliphatic rings. The maximum Gasteiger partial charge on any atom is 0.296 e. The second kappa shape index (κ2) is 7.41. The molecule has 0 aromatic heterocycles. The van der Waals surface area contributed by atoms with E-state index in [0.717, 1.165) is 11.8 Å². The van der Waals surface area contributed by atoms with E-state index in [2.05, 4.69) is 15.5 Å². The van der Waals surface area contributed by atoms with Gasteiger partial charge >= 0.3 is 0 Å². The standard InChI is InChI=1S/C16H18N4O4S/c1-11(21)17-13-6-9-15(16(10-13)25(22,23)24)19-18-12-4-7-14(8-5-12)20(2)3/h4-10H,1-3H3,(H,17,21)(H,22,23,24)/b19-18+. The molecule has 0 radical (unpaired) electrons. The quantitative estimate of drug-likeness (QED) is 0.625. The first-order chi connectivity index (χ1) is 11.7. The summed E-state index contributed by atoms with van der Waals surface area (Å²) in [6, 6.07) is 11.1. The molecule has 0 atom stereocenters. The average Bonchev–Trinajstić information content (AvgIpc) is 2.52. The van der Waals surface area contributed by atoms with E-state index < -0.39 is 15.0 Å². The van der Waals surface area contributed by atoms with Gasteiger partial charge in [-0.3, -0.25) is 9.35 Å². The zero-order valence-electron chi connectivity index (χ0n) is 14.0. The molecule has 0 saturated heterocycles. The molecule has 25 heavy (non-hydrogen) atoms. The van der Waals surface area contributed by atoms with Crippen LogP contribution in [0.2, 0.25) is 0 Å². The van der Waals surface area contributed by atoms with E-state index in [1.54, 1.807) is 12.1 Å². The molecule has 0 bridgehead atoms. The van der Waals surface area contributed by atoms with Gasteiger partial charge in [-0.25, -0.2) is 0 Å². The summed E-state index contributed by atoms with van der Waals surface area (Å²) in [5, 5.41) is 10.3. The van der Waals surface area contributed by atoms with Crippen LogP contribution in [0.5, 0.6) is 0 Å². The van der Waals surface area contributed by atoms with Crippen molar-refractivity contribution in [1.82, 2.24) is 0 Å². The summed E-state index contributed by atoms with van der Waals surface area (Å²) >= 11 is 0. The molecule has 0 aliphatic carbocycles. The molecule has 0 spiro atoms. The fourth-order valence-corrected chi connectivity index (χ4v) is 2.66. The molecule has 0 heterocycles. The maximum atomic E-state index is 11.6. The molecule has 0 aliphatic heterocycles. The van der Waals surface area contributed by atoms with Crippen molar-refractivity contribution in [2.75, 3.05) is 24.3 Å². The van der Waals surface area contributed by atoms with Crippen LogP contribution in [-0.2, 0) is 14.9 Å². The Morgan fingerprint density at radius 3 is 2.24 bits per heavy atom. The van der Waals surface area contributed by atoms with Crippen LogP contribution >= 0.6 is 0 Å². The van der Waals surface area contributed by atoms with Crippen molar-refractivity contribution < 1.29 is 17.8 Å². The highest BCUT2D eigenvalue weighted by molar-refractivity contribution is 7.86. The van der Waals surface area contributed by atoms with Gasteiger partial charge in [-0.05, 0) is 42.5 Å². The molecule has 8 nitrogen and oxygen atoms in total. The molecular weight excluding hydrogens is 344 g/mol. The Bertz CT molecular complexity index is 906. The number of rotatable bonds is 5. The minimum absolute atomic E-state index is 0.0340.